The van der Waals surface area contributed by atoms with Gasteiger partial charge < -0.3 is 10.4 Å². The standard InChI is InChI=1S/C18H18N2O5S2/c21-17(12-6-1-2-7-13(12)18(22)23)19-14-8-3-4-9-15(14)20-27(24,25)16-10-5-11-26-16/h1-5,8-13,20H,6-7H2,(H,19,21)(H,22,23)/t12-,13-/m1/s1. The third-order valence-electron chi connectivity index (χ3n) is 4.28. The summed E-state index contributed by atoms with van der Waals surface area (Å²) in [5.41, 5.74) is 0.499. The Morgan fingerprint density at radius 1 is 1.00 bits per heavy atom. The average Bonchev–Trinajstić information content (AvgIpc) is 3.19. The number of allylic oxidation sites excluding steroid dienone is 2. The highest BCUT2D eigenvalue weighted by atomic mass is 32.2. The molecule has 3 rings (SSSR count). The number of carbonyl (C=O) groups excluding carboxylic acids is 1. The van der Waals surface area contributed by atoms with E-state index in [-0.39, 0.29) is 15.6 Å². The van der Waals surface area contributed by atoms with Crippen LogP contribution in [-0.4, -0.2) is 25.4 Å². The number of anilines is 2. The number of hydrogen-bond donors (Lipinski definition) is 3. The van der Waals surface area contributed by atoms with Gasteiger partial charge >= 0.3 is 5.97 Å². The van der Waals surface area contributed by atoms with Crippen LogP contribution in [-0.2, 0) is 19.6 Å². The van der Waals surface area contributed by atoms with Gasteiger partial charge in [0.1, 0.15) is 4.21 Å². The maximum Gasteiger partial charge on any atom is 0.307 e. The van der Waals surface area contributed by atoms with Crippen molar-refractivity contribution < 1.29 is 23.1 Å². The predicted molar refractivity (Wildman–Crippen MR) is 103 cm³/mol. The van der Waals surface area contributed by atoms with Crippen LogP contribution in [0.25, 0.3) is 0 Å². The number of para-hydroxylation sites is 2. The van der Waals surface area contributed by atoms with E-state index in [1.54, 1.807) is 41.8 Å². The number of sulfonamides is 1. The van der Waals surface area contributed by atoms with Crippen molar-refractivity contribution in [1.29, 1.82) is 0 Å². The van der Waals surface area contributed by atoms with Crippen molar-refractivity contribution in [2.24, 2.45) is 11.8 Å². The first-order chi connectivity index (χ1) is 12.9. The van der Waals surface area contributed by atoms with Crippen LogP contribution < -0.4 is 10.0 Å². The van der Waals surface area contributed by atoms with Gasteiger partial charge in [0.25, 0.3) is 10.0 Å². The topological polar surface area (TPSA) is 113 Å². The molecule has 0 radical (unpaired) electrons. The van der Waals surface area contributed by atoms with Gasteiger partial charge in [0, 0.05) is 0 Å². The second-order valence-electron chi connectivity index (χ2n) is 6.07. The minimum Gasteiger partial charge on any atom is -0.481 e. The fraction of sp³-hybridized carbons (Fsp3) is 0.222. The Balaban J connectivity index is 1.81. The highest BCUT2D eigenvalue weighted by Gasteiger charge is 2.34. The Morgan fingerprint density at radius 3 is 2.30 bits per heavy atom. The van der Waals surface area contributed by atoms with Gasteiger partial charge in [0.05, 0.1) is 23.2 Å². The zero-order valence-corrected chi connectivity index (χ0v) is 15.8. The summed E-state index contributed by atoms with van der Waals surface area (Å²) in [6.07, 6.45) is 4.16. The van der Waals surface area contributed by atoms with E-state index < -0.39 is 33.7 Å². The van der Waals surface area contributed by atoms with Crippen LogP contribution in [0.4, 0.5) is 11.4 Å². The van der Waals surface area contributed by atoms with E-state index in [0.29, 0.717) is 12.8 Å². The van der Waals surface area contributed by atoms with Gasteiger partial charge in [-0.3, -0.25) is 14.3 Å². The van der Waals surface area contributed by atoms with Crippen molar-refractivity contribution in [2.45, 2.75) is 17.1 Å². The van der Waals surface area contributed by atoms with Crippen molar-refractivity contribution in [3.8, 4) is 0 Å². The monoisotopic (exact) mass is 406 g/mol. The van der Waals surface area contributed by atoms with Crippen molar-refractivity contribution in [3.63, 3.8) is 0 Å². The smallest absolute Gasteiger partial charge is 0.307 e. The summed E-state index contributed by atoms with van der Waals surface area (Å²) in [5.74, 6) is -2.99. The molecule has 1 aromatic heterocycles. The normalized spacial score (nSPS) is 19.4. The van der Waals surface area contributed by atoms with Gasteiger partial charge in [0.15, 0.2) is 0 Å². The zero-order valence-electron chi connectivity index (χ0n) is 14.2. The molecule has 0 aliphatic heterocycles. The maximum atomic E-state index is 12.6. The Hall–Kier alpha value is -2.65. The van der Waals surface area contributed by atoms with E-state index in [4.69, 9.17) is 0 Å². The van der Waals surface area contributed by atoms with Crippen LogP contribution in [0, 0.1) is 11.8 Å². The maximum absolute atomic E-state index is 12.6. The summed E-state index contributed by atoms with van der Waals surface area (Å²) in [6.45, 7) is 0. The van der Waals surface area contributed by atoms with Gasteiger partial charge in [0.2, 0.25) is 5.91 Å². The van der Waals surface area contributed by atoms with E-state index in [1.165, 1.54) is 12.1 Å². The van der Waals surface area contributed by atoms with Crippen molar-refractivity contribution in [1.82, 2.24) is 0 Å². The lowest BCUT2D eigenvalue weighted by atomic mass is 9.82. The molecule has 0 saturated carbocycles. The van der Waals surface area contributed by atoms with Crippen LogP contribution in [0.15, 0.2) is 58.1 Å². The zero-order chi connectivity index (χ0) is 19.4. The number of aliphatic carboxylic acids is 1. The van der Waals surface area contributed by atoms with Gasteiger partial charge in [-0.25, -0.2) is 8.42 Å². The Labute approximate surface area is 160 Å². The molecule has 2 aromatic rings. The molecule has 142 valence electrons. The number of hydrogen-bond acceptors (Lipinski definition) is 5. The highest BCUT2D eigenvalue weighted by Crippen LogP contribution is 2.30. The molecule has 1 aromatic carbocycles. The van der Waals surface area contributed by atoms with Crippen molar-refractivity contribution in [3.05, 3.63) is 53.9 Å². The molecular weight excluding hydrogens is 388 g/mol. The lowest BCUT2D eigenvalue weighted by Gasteiger charge is -2.24. The number of carboxylic acid groups (broad SMARTS) is 1. The third-order valence-corrected chi connectivity index (χ3v) is 7.04. The molecule has 0 bridgehead atoms. The van der Waals surface area contributed by atoms with Crippen molar-refractivity contribution in [2.75, 3.05) is 10.0 Å². The Kier molecular flexibility index (Phi) is 5.62. The fourth-order valence-electron chi connectivity index (χ4n) is 2.89. The Morgan fingerprint density at radius 2 is 1.67 bits per heavy atom. The average molecular weight is 406 g/mol. The molecule has 0 saturated heterocycles. The molecule has 9 heteroatoms. The summed E-state index contributed by atoms with van der Waals surface area (Å²) >= 11 is 1.08. The van der Waals surface area contributed by atoms with E-state index in [2.05, 4.69) is 10.0 Å². The summed E-state index contributed by atoms with van der Waals surface area (Å²) in [7, 11) is -3.77. The van der Waals surface area contributed by atoms with E-state index >= 15 is 0 Å². The number of rotatable bonds is 6. The molecule has 1 aliphatic rings. The molecule has 2 atom stereocenters. The first-order valence-corrected chi connectivity index (χ1v) is 10.6. The summed E-state index contributed by atoms with van der Waals surface area (Å²) in [4.78, 5) is 24.0. The van der Waals surface area contributed by atoms with E-state index in [1.807, 2.05) is 0 Å². The molecule has 0 unspecified atom stereocenters. The summed E-state index contributed by atoms with van der Waals surface area (Å²) in [5, 5.41) is 13.7. The van der Waals surface area contributed by atoms with E-state index in [9.17, 15) is 23.1 Å². The van der Waals surface area contributed by atoms with Crippen LogP contribution >= 0.6 is 11.3 Å². The first kappa shape index (κ1) is 19.1. The van der Waals surface area contributed by atoms with Gasteiger partial charge in [-0.2, -0.15) is 0 Å². The van der Waals surface area contributed by atoms with Gasteiger partial charge in [-0.05, 0) is 36.4 Å². The quantitative estimate of drug-likeness (QED) is 0.638. The number of amides is 1. The van der Waals surface area contributed by atoms with Crippen LogP contribution in [0.1, 0.15) is 12.8 Å². The molecule has 3 N–H and O–H groups in total. The SMILES string of the molecule is O=C(O)[C@@H]1CC=CC[C@H]1C(=O)Nc1ccccc1NS(=O)(=O)c1cccs1. The number of benzene rings is 1. The molecule has 0 spiro atoms. The number of thiophene rings is 1. The van der Waals surface area contributed by atoms with Crippen LogP contribution in [0.2, 0.25) is 0 Å². The minimum atomic E-state index is -3.77. The van der Waals surface area contributed by atoms with Crippen molar-refractivity contribution >= 4 is 44.6 Å². The second-order valence-corrected chi connectivity index (χ2v) is 8.92. The van der Waals surface area contributed by atoms with Gasteiger partial charge in [-0.1, -0.05) is 30.4 Å². The van der Waals surface area contributed by atoms with E-state index in [0.717, 1.165) is 11.3 Å². The third kappa shape index (κ3) is 4.37. The molecule has 0 fully saturated rings. The van der Waals surface area contributed by atoms with Crippen LogP contribution in [0.3, 0.4) is 0 Å². The minimum absolute atomic E-state index is 0.159. The lowest BCUT2D eigenvalue weighted by Crippen LogP contribution is -2.34. The fourth-order valence-corrected chi connectivity index (χ4v) is 4.97. The summed E-state index contributed by atoms with van der Waals surface area (Å²) < 4.78 is 27.5. The highest BCUT2D eigenvalue weighted by molar-refractivity contribution is 7.94. The van der Waals surface area contributed by atoms with Gasteiger partial charge in [-0.15, -0.1) is 11.3 Å². The molecule has 7 nitrogen and oxygen atoms in total. The molecule has 1 heterocycles. The molecule has 1 amide bonds. The first-order valence-electron chi connectivity index (χ1n) is 8.22. The second kappa shape index (κ2) is 7.93. The number of carbonyl (C=O) groups is 2. The van der Waals surface area contributed by atoms with Crippen LogP contribution in [0.5, 0.6) is 0 Å². The lowest BCUT2D eigenvalue weighted by molar-refractivity contribution is -0.146. The number of carboxylic acids is 1. The molecular formula is C18H18N2O5S2. The predicted octanol–water partition coefficient (Wildman–Crippen LogP) is 3.15. The summed E-state index contributed by atoms with van der Waals surface area (Å²) in [6, 6.07) is 9.53. The number of nitrogens with one attached hydrogen (secondary N) is 2. The largest absolute Gasteiger partial charge is 0.481 e. The Bertz CT molecular complexity index is 967. The molecule has 27 heavy (non-hydrogen) atoms. The molecule has 1 aliphatic carbocycles.